The lowest BCUT2D eigenvalue weighted by Crippen LogP contribution is -2.59. The predicted octanol–water partition coefficient (Wildman–Crippen LogP) is 1.51. The summed E-state index contributed by atoms with van der Waals surface area (Å²) in [4.78, 5) is 11.8. The fraction of sp³-hybridized carbons (Fsp3) is 0.944. The Morgan fingerprint density at radius 1 is 0.920 bits per heavy atom. The number of carbonyl (C=O) groups is 1. The van der Waals surface area contributed by atoms with Crippen LogP contribution in [0.25, 0.3) is 0 Å². The molecule has 5 atom stereocenters. The molecular weight excluding hydrogens is 328 g/mol. The Hall–Kier alpha value is -0.730. The third-order valence-corrected chi connectivity index (χ3v) is 4.39. The number of hydrogen-bond donors (Lipinski definition) is 3. The number of rotatable bonds is 12. The van der Waals surface area contributed by atoms with Crippen LogP contribution in [0.2, 0.25) is 0 Å². The molecule has 1 rings (SSSR count). The van der Waals surface area contributed by atoms with Crippen LogP contribution in [0.3, 0.4) is 0 Å². The highest BCUT2D eigenvalue weighted by Crippen LogP contribution is 2.22. The normalized spacial score (nSPS) is 29.6. The minimum Gasteiger partial charge on any atom is -0.463 e. The van der Waals surface area contributed by atoms with Crippen LogP contribution in [0, 0.1) is 0 Å². The van der Waals surface area contributed by atoms with E-state index in [-0.39, 0.29) is 19.2 Å². The van der Waals surface area contributed by atoms with Gasteiger partial charge >= 0.3 is 5.97 Å². The SMILES string of the molecule is CCCCCCCCCC(=O)OC[C@H]1OC(OCC)[C@H](O)[C@@H](O)[C@@H]1O. The summed E-state index contributed by atoms with van der Waals surface area (Å²) < 4.78 is 15.7. The molecule has 0 bridgehead atoms. The summed E-state index contributed by atoms with van der Waals surface area (Å²) in [6.45, 7) is 4.02. The van der Waals surface area contributed by atoms with E-state index >= 15 is 0 Å². The Labute approximate surface area is 150 Å². The molecule has 1 saturated heterocycles. The summed E-state index contributed by atoms with van der Waals surface area (Å²) in [7, 11) is 0. The molecule has 1 heterocycles. The number of esters is 1. The fourth-order valence-corrected chi connectivity index (χ4v) is 2.83. The molecule has 0 saturated carbocycles. The lowest BCUT2D eigenvalue weighted by atomic mass is 9.99. The van der Waals surface area contributed by atoms with Crippen molar-refractivity contribution < 1.29 is 34.3 Å². The second-order valence-electron chi connectivity index (χ2n) is 6.52. The molecule has 25 heavy (non-hydrogen) atoms. The number of ether oxygens (including phenoxy) is 3. The maximum Gasteiger partial charge on any atom is 0.305 e. The predicted molar refractivity (Wildman–Crippen MR) is 91.9 cm³/mol. The molecule has 1 unspecified atom stereocenters. The lowest BCUT2D eigenvalue weighted by molar-refractivity contribution is -0.300. The molecule has 0 spiro atoms. The van der Waals surface area contributed by atoms with Crippen molar-refractivity contribution in [3.63, 3.8) is 0 Å². The van der Waals surface area contributed by atoms with E-state index < -0.39 is 30.7 Å². The average molecular weight is 362 g/mol. The first-order chi connectivity index (χ1) is 12.0. The molecule has 7 heteroatoms. The van der Waals surface area contributed by atoms with Gasteiger partial charge in [0.2, 0.25) is 0 Å². The molecule has 0 radical (unpaired) electrons. The summed E-state index contributed by atoms with van der Waals surface area (Å²) in [5, 5.41) is 29.6. The Bertz CT molecular complexity index is 363. The molecule has 0 aromatic rings. The number of carbonyl (C=O) groups excluding carboxylic acids is 1. The maximum absolute atomic E-state index is 11.8. The number of hydrogen-bond acceptors (Lipinski definition) is 7. The Morgan fingerprint density at radius 2 is 1.56 bits per heavy atom. The highest BCUT2D eigenvalue weighted by molar-refractivity contribution is 5.69. The zero-order valence-electron chi connectivity index (χ0n) is 15.4. The topological polar surface area (TPSA) is 105 Å². The summed E-state index contributed by atoms with van der Waals surface area (Å²) in [5.41, 5.74) is 0. The van der Waals surface area contributed by atoms with Crippen LogP contribution >= 0.6 is 0 Å². The number of aliphatic hydroxyl groups is 3. The van der Waals surface area contributed by atoms with Crippen LogP contribution in [-0.2, 0) is 19.0 Å². The number of unbranched alkanes of at least 4 members (excludes halogenated alkanes) is 6. The van der Waals surface area contributed by atoms with Crippen LogP contribution < -0.4 is 0 Å². The van der Waals surface area contributed by atoms with Crippen molar-refractivity contribution in [3.05, 3.63) is 0 Å². The Kier molecular flexibility index (Phi) is 11.2. The van der Waals surface area contributed by atoms with Gasteiger partial charge in [0.1, 0.15) is 31.0 Å². The van der Waals surface area contributed by atoms with Crippen molar-refractivity contribution in [1.29, 1.82) is 0 Å². The second kappa shape index (κ2) is 12.6. The quantitative estimate of drug-likeness (QED) is 0.357. The van der Waals surface area contributed by atoms with Crippen LogP contribution in [0.1, 0.15) is 65.2 Å². The summed E-state index contributed by atoms with van der Waals surface area (Å²) in [5.74, 6) is -0.349. The molecular formula is C18H34O7. The van der Waals surface area contributed by atoms with Gasteiger partial charge < -0.3 is 29.5 Å². The van der Waals surface area contributed by atoms with Gasteiger partial charge in [0, 0.05) is 13.0 Å². The largest absolute Gasteiger partial charge is 0.463 e. The van der Waals surface area contributed by atoms with Gasteiger partial charge in [-0.25, -0.2) is 0 Å². The molecule has 0 amide bonds. The monoisotopic (exact) mass is 362 g/mol. The van der Waals surface area contributed by atoms with E-state index in [2.05, 4.69) is 6.92 Å². The number of aliphatic hydroxyl groups excluding tert-OH is 3. The molecule has 0 aromatic heterocycles. The van der Waals surface area contributed by atoms with Crippen LogP contribution in [-0.4, -0.2) is 65.2 Å². The maximum atomic E-state index is 11.8. The van der Waals surface area contributed by atoms with Gasteiger partial charge in [0.05, 0.1) is 0 Å². The van der Waals surface area contributed by atoms with E-state index in [0.717, 1.165) is 19.3 Å². The Morgan fingerprint density at radius 3 is 2.20 bits per heavy atom. The van der Waals surface area contributed by atoms with Gasteiger partial charge in [-0.3, -0.25) is 4.79 Å². The zero-order valence-corrected chi connectivity index (χ0v) is 15.4. The minimum atomic E-state index is -1.41. The first-order valence-corrected chi connectivity index (χ1v) is 9.48. The minimum absolute atomic E-state index is 0.177. The Balaban J connectivity index is 2.23. The summed E-state index contributed by atoms with van der Waals surface area (Å²) >= 11 is 0. The smallest absolute Gasteiger partial charge is 0.305 e. The van der Waals surface area contributed by atoms with Crippen LogP contribution in [0.4, 0.5) is 0 Å². The third kappa shape index (κ3) is 8.00. The molecule has 1 fully saturated rings. The molecule has 1 aliphatic rings. The van der Waals surface area contributed by atoms with Crippen molar-refractivity contribution in [3.8, 4) is 0 Å². The lowest BCUT2D eigenvalue weighted by Gasteiger charge is -2.39. The van der Waals surface area contributed by atoms with Crippen molar-refractivity contribution in [1.82, 2.24) is 0 Å². The zero-order chi connectivity index (χ0) is 18.7. The highest BCUT2D eigenvalue weighted by atomic mass is 16.7. The molecule has 3 N–H and O–H groups in total. The van der Waals surface area contributed by atoms with E-state index in [1.807, 2.05) is 0 Å². The van der Waals surface area contributed by atoms with Gasteiger partial charge in [-0.05, 0) is 13.3 Å². The average Bonchev–Trinajstić information content (AvgIpc) is 2.60. The molecule has 0 aromatic carbocycles. The van der Waals surface area contributed by atoms with E-state index in [9.17, 15) is 20.1 Å². The molecule has 1 aliphatic heterocycles. The van der Waals surface area contributed by atoms with Gasteiger partial charge in [0.25, 0.3) is 0 Å². The van der Waals surface area contributed by atoms with Crippen molar-refractivity contribution in [2.45, 2.75) is 95.9 Å². The highest BCUT2D eigenvalue weighted by Gasteiger charge is 2.44. The van der Waals surface area contributed by atoms with Crippen molar-refractivity contribution in [2.24, 2.45) is 0 Å². The van der Waals surface area contributed by atoms with E-state index in [1.54, 1.807) is 6.92 Å². The van der Waals surface area contributed by atoms with Crippen molar-refractivity contribution >= 4 is 5.97 Å². The van der Waals surface area contributed by atoms with Crippen LogP contribution in [0.5, 0.6) is 0 Å². The third-order valence-electron chi connectivity index (χ3n) is 4.39. The molecule has 148 valence electrons. The van der Waals surface area contributed by atoms with Crippen LogP contribution in [0.15, 0.2) is 0 Å². The van der Waals surface area contributed by atoms with Crippen molar-refractivity contribution in [2.75, 3.05) is 13.2 Å². The summed E-state index contributed by atoms with van der Waals surface area (Å²) in [6, 6.07) is 0. The van der Waals surface area contributed by atoms with Gasteiger partial charge in [-0.1, -0.05) is 45.4 Å². The molecule has 7 nitrogen and oxygen atoms in total. The first-order valence-electron chi connectivity index (χ1n) is 9.48. The first kappa shape index (κ1) is 22.3. The van der Waals surface area contributed by atoms with E-state index in [4.69, 9.17) is 14.2 Å². The second-order valence-corrected chi connectivity index (χ2v) is 6.52. The van der Waals surface area contributed by atoms with Gasteiger partial charge in [-0.2, -0.15) is 0 Å². The molecule has 0 aliphatic carbocycles. The summed E-state index contributed by atoms with van der Waals surface area (Å²) in [6.07, 6.45) is 2.10. The fourth-order valence-electron chi connectivity index (χ4n) is 2.83. The van der Waals surface area contributed by atoms with E-state index in [1.165, 1.54) is 25.7 Å². The van der Waals surface area contributed by atoms with E-state index in [0.29, 0.717) is 6.42 Å². The van der Waals surface area contributed by atoms with Gasteiger partial charge in [0.15, 0.2) is 6.29 Å². The standard InChI is InChI=1S/C18H34O7/c1-3-5-6-7-8-9-10-11-14(19)24-12-13-15(20)16(21)17(22)18(25-13)23-4-2/h13,15-18,20-22H,3-12H2,1-2H3/t13-,15-,16+,17-,18?/m1/s1. The van der Waals surface area contributed by atoms with Gasteiger partial charge in [-0.15, -0.1) is 0 Å².